The van der Waals surface area contributed by atoms with E-state index in [0.29, 0.717) is 35.8 Å². The first-order valence-electron chi connectivity index (χ1n) is 10.7. The Morgan fingerprint density at radius 3 is 2.88 bits per heavy atom. The van der Waals surface area contributed by atoms with Gasteiger partial charge in [0.2, 0.25) is 0 Å². The minimum Gasteiger partial charge on any atom is -0.488 e. The smallest absolute Gasteiger partial charge is 0.269 e. The number of rotatable bonds is 7. The van der Waals surface area contributed by atoms with Gasteiger partial charge in [0.05, 0.1) is 11.7 Å². The number of anilines is 2. The van der Waals surface area contributed by atoms with Crippen LogP contribution in [0.3, 0.4) is 0 Å². The second-order valence-electron chi connectivity index (χ2n) is 7.94. The van der Waals surface area contributed by atoms with Crippen molar-refractivity contribution >= 4 is 23.1 Å². The molecular weight excluding hydrogens is 422 g/mol. The molecule has 1 aliphatic heterocycles. The monoisotopic (exact) mass is 447 g/mol. The molecule has 5 rings (SSSR count). The second-order valence-corrected chi connectivity index (χ2v) is 7.94. The Hall–Kier alpha value is -3.99. The van der Waals surface area contributed by atoms with Crippen molar-refractivity contribution in [3.63, 3.8) is 0 Å². The molecule has 11 nitrogen and oxygen atoms in total. The maximum absolute atomic E-state index is 12.0. The van der Waals surface area contributed by atoms with Crippen LogP contribution in [0.15, 0.2) is 36.7 Å². The highest BCUT2D eigenvalue weighted by Crippen LogP contribution is 2.31. The van der Waals surface area contributed by atoms with Gasteiger partial charge >= 0.3 is 0 Å². The number of hydrogen-bond donors (Lipinski definition) is 3. The van der Waals surface area contributed by atoms with Crippen LogP contribution in [0.1, 0.15) is 22.7 Å². The number of ether oxygens (including phenoxy) is 1. The number of hydrogen-bond acceptors (Lipinski definition) is 8. The summed E-state index contributed by atoms with van der Waals surface area (Å²) >= 11 is 0. The number of amides is 1. The molecule has 0 aromatic carbocycles. The van der Waals surface area contributed by atoms with E-state index in [1.54, 1.807) is 30.8 Å². The molecule has 0 aliphatic carbocycles. The van der Waals surface area contributed by atoms with Crippen molar-refractivity contribution in [3.8, 4) is 17.0 Å². The third-order valence-corrected chi connectivity index (χ3v) is 5.56. The van der Waals surface area contributed by atoms with Gasteiger partial charge in [0.25, 0.3) is 5.91 Å². The third-order valence-electron chi connectivity index (χ3n) is 5.56. The van der Waals surface area contributed by atoms with Crippen LogP contribution in [0.2, 0.25) is 0 Å². The molecule has 0 spiro atoms. The van der Waals surface area contributed by atoms with E-state index in [9.17, 15) is 4.79 Å². The standard InChI is InChI=1S/C22H25N9O2/c1-13-26-17(22(32)23-2)10-19(27-13)28-20-9-16-8-14(5-7-31(16)29-20)21-18(11-25-30(21)3)33-12-15-4-6-24-15/h5,7-11,15,24H,4,6,12H2,1-3H3,(H,23,32)(H,26,27,28,29)/t15-/m1/s1. The van der Waals surface area contributed by atoms with Crippen molar-refractivity contribution in [2.24, 2.45) is 7.05 Å². The average Bonchev–Trinajstić information content (AvgIpc) is 3.33. The number of fused-ring (bicyclic) bond motifs is 1. The molecule has 1 atom stereocenters. The van der Waals surface area contributed by atoms with E-state index in [-0.39, 0.29) is 5.91 Å². The molecular formula is C22H25N9O2. The van der Waals surface area contributed by atoms with Crippen LogP contribution in [-0.2, 0) is 7.05 Å². The molecule has 5 heterocycles. The quantitative estimate of drug-likeness (QED) is 0.391. The zero-order valence-corrected chi connectivity index (χ0v) is 18.7. The van der Waals surface area contributed by atoms with Gasteiger partial charge in [-0.3, -0.25) is 9.48 Å². The molecule has 1 amide bonds. The molecule has 33 heavy (non-hydrogen) atoms. The molecule has 0 unspecified atom stereocenters. The van der Waals surface area contributed by atoms with Crippen molar-refractivity contribution in [2.75, 3.05) is 25.5 Å². The maximum Gasteiger partial charge on any atom is 0.269 e. The van der Waals surface area contributed by atoms with Gasteiger partial charge < -0.3 is 20.7 Å². The normalized spacial score (nSPS) is 15.3. The number of nitrogens with zero attached hydrogens (tertiary/aromatic N) is 6. The first-order chi connectivity index (χ1) is 16.0. The molecule has 4 aromatic rings. The summed E-state index contributed by atoms with van der Waals surface area (Å²) < 4.78 is 9.62. The number of pyridine rings is 1. The van der Waals surface area contributed by atoms with E-state index >= 15 is 0 Å². The molecule has 0 bridgehead atoms. The fraction of sp³-hybridized carbons (Fsp3) is 0.318. The summed E-state index contributed by atoms with van der Waals surface area (Å²) in [6.45, 7) is 3.41. The molecule has 170 valence electrons. The molecule has 1 aliphatic rings. The van der Waals surface area contributed by atoms with E-state index in [1.807, 2.05) is 36.1 Å². The SMILES string of the molecule is CNC(=O)c1cc(Nc2cc3cc(-c4c(OC[C@H]5CCN5)cnn4C)ccn3n2)nc(C)n1. The number of aromatic nitrogens is 6. The van der Waals surface area contributed by atoms with E-state index in [4.69, 9.17) is 4.74 Å². The predicted molar refractivity (Wildman–Crippen MR) is 123 cm³/mol. The minimum absolute atomic E-state index is 0.273. The Bertz CT molecular complexity index is 1320. The summed E-state index contributed by atoms with van der Waals surface area (Å²) in [7, 11) is 3.47. The van der Waals surface area contributed by atoms with Gasteiger partial charge in [-0.2, -0.15) is 10.2 Å². The number of carbonyl (C=O) groups is 1. The maximum atomic E-state index is 12.0. The van der Waals surface area contributed by atoms with Gasteiger partial charge in [-0.15, -0.1) is 0 Å². The zero-order valence-electron chi connectivity index (χ0n) is 18.7. The summed E-state index contributed by atoms with van der Waals surface area (Å²) in [5, 5.41) is 18.0. The van der Waals surface area contributed by atoms with Gasteiger partial charge in [0, 0.05) is 44.0 Å². The predicted octanol–water partition coefficient (Wildman–Crippen LogP) is 1.68. The highest BCUT2D eigenvalue weighted by atomic mass is 16.5. The zero-order chi connectivity index (χ0) is 22.9. The molecule has 3 N–H and O–H groups in total. The Balaban J connectivity index is 1.41. The van der Waals surface area contributed by atoms with Crippen molar-refractivity contribution in [1.29, 1.82) is 0 Å². The van der Waals surface area contributed by atoms with Crippen LogP contribution in [0.25, 0.3) is 16.8 Å². The van der Waals surface area contributed by atoms with Crippen LogP contribution < -0.4 is 20.7 Å². The first-order valence-corrected chi connectivity index (χ1v) is 10.7. The lowest BCUT2D eigenvalue weighted by atomic mass is 10.1. The molecule has 1 fully saturated rings. The van der Waals surface area contributed by atoms with Crippen LogP contribution in [0.4, 0.5) is 11.6 Å². The summed E-state index contributed by atoms with van der Waals surface area (Å²) in [6, 6.07) is 7.92. The van der Waals surface area contributed by atoms with Crippen LogP contribution >= 0.6 is 0 Å². The van der Waals surface area contributed by atoms with E-state index < -0.39 is 0 Å². The van der Waals surface area contributed by atoms with Crippen LogP contribution in [0.5, 0.6) is 5.75 Å². The molecule has 0 saturated carbocycles. The molecule has 11 heteroatoms. The van der Waals surface area contributed by atoms with Gasteiger partial charge in [0.1, 0.15) is 29.6 Å². The molecule has 0 radical (unpaired) electrons. The largest absolute Gasteiger partial charge is 0.488 e. The lowest BCUT2D eigenvalue weighted by Crippen LogP contribution is -2.46. The highest BCUT2D eigenvalue weighted by molar-refractivity contribution is 5.92. The summed E-state index contributed by atoms with van der Waals surface area (Å²) in [4.78, 5) is 20.5. The second kappa shape index (κ2) is 8.51. The van der Waals surface area contributed by atoms with Crippen LogP contribution in [0, 0.1) is 6.92 Å². The number of nitrogens with one attached hydrogen (secondary N) is 3. The Morgan fingerprint density at radius 2 is 2.12 bits per heavy atom. The summed E-state index contributed by atoms with van der Waals surface area (Å²) in [5.74, 6) is 2.07. The Labute approximate surface area is 190 Å². The van der Waals surface area contributed by atoms with E-state index in [0.717, 1.165) is 35.5 Å². The van der Waals surface area contributed by atoms with Crippen molar-refractivity contribution < 1.29 is 9.53 Å². The lowest BCUT2D eigenvalue weighted by molar-refractivity contribution is 0.0958. The van der Waals surface area contributed by atoms with Gasteiger partial charge in [-0.05, 0) is 32.0 Å². The van der Waals surface area contributed by atoms with Gasteiger partial charge in [-0.25, -0.2) is 14.5 Å². The fourth-order valence-electron chi connectivity index (χ4n) is 3.74. The van der Waals surface area contributed by atoms with Gasteiger partial charge in [-0.1, -0.05) is 0 Å². The topological polar surface area (TPSA) is 123 Å². The van der Waals surface area contributed by atoms with Crippen molar-refractivity contribution in [1.82, 2.24) is 40.0 Å². The number of carbonyl (C=O) groups excluding carboxylic acids is 1. The fourth-order valence-corrected chi connectivity index (χ4v) is 3.74. The van der Waals surface area contributed by atoms with E-state index in [2.05, 4.69) is 36.1 Å². The average molecular weight is 448 g/mol. The minimum atomic E-state index is -0.273. The Kier molecular flexibility index (Phi) is 5.38. The highest BCUT2D eigenvalue weighted by Gasteiger charge is 2.20. The lowest BCUT2D eigenvalue weighted by Gasteiger charge is -2.27. The Morgan fingerprint density at radius 1 is 1.27 bits per heavy atom. The first kappa shape index (κ1) is 20.9. The third kappa shape index (κ3) is 4.22. The van der Waals surface area contributed by atoms with Crippen LogP contribution in [-0.4, -0.2) is 61.5 Å². The number of aryl methyl sites for hydroxylation is 2. The van der Waals surface area contributed by atoms with E-state index in [1.165, 1.54) is 0 Å². The van der Waals surface area contributed by atoms with Crippen molar-refractivity contribution in [3.05, 3.63) is 48.2 Å². The van der Waals surface area contributed by atoms with Crippen molar-refractivity contribution in [2.45, 2.75) is 19.4 Å². The summed E-state index contributed by atoms with van der Waals surface area (Å²) in [6.07, 6.45) is 4.77. The molecule has 4 aromatic heterocycles. The summed E-state index contributed by atoms with van der Waals surface area (Å²) in [5.41, 5.74) is 3.07. The van der Waals surface area contributed by atoms with Gasteiger partial charge in [0.15, 0.2) is 11.6 Å². The molecule has 1 saturated heterocycles.